The molecule has 136 valence electrons. The maximum Gasteiger partial charge on any atom is 0.306 e. The highest BCUT2D eigenvalue weighted by Gasteiger charge is 2.30. The lowest BCUT2D eigenvalue weighted by Crippen LogP contribution is -2.30. The van der Waals surface area contributed by atoms with E-state index in [-0.39, 0.29) is 30.6 Å². The van der Waals surface area contributed by atoms with Crippen molar-refractivity contribution in [2.45, 2.75) is 25.9 Å². The van der Waals surface area contributed by atoms with Gasteiger partial charge in [-0.15, -0.1) is 0 Å². The first kappa shape index (κ1) is 17.5. The number of anilines is 1. The molecule has 0 unspecified atom stereocenters. The van der Waals surface area contributed by atoms with Gasteiger partial charge < -0.3 is 19.5 Å². The second kappa shape index (κ2) is 6.91. The Labute approximate surface area is 145 Å². The van der Waals surface area contributed by atoms with Crippen molar-refractivity contribution in [3.63, 3.8) is 0 Å². The quantitative estimate of drug-likeness (QED) is 0.775. The average molecular weight is 369 g/mol. The fourth-order valence-corrected chi connectivity index (χ4v) is 4.65. The largest absolute Gasteiger partial charge is 0.454 e. The lowest BCUT2D eigenvalue weighted by atomic mass is 10.1. The van der Waals surface area contributed by atoms with Crippen LogP contribution < -0.4 is 14.8 Å². The molecule has 1 amide bonds. The highest BCUT2D eigenvalue weighted by molar-refractivity contribution is 7.91. The molecule has 0 aliphatic carbocycles. The summed E-state index contributed by atoms with van der Waals surface area (Å²) in [6.07, 6.45) is -0.535. The van der Waals surface area contributed by atoms with Crippen molar-refractivity contribution < 1.29 is 32.2 Å². The minimum Gasteiger partial charge on any atom is -0.454 e. The Bertz CT molecular complexity index is 790. The van der Waals surface area contributed by atoms with E-state index in [4.69, 9.17) is 14.2 Å². The monoisotopic (exact) mass is 369 g/mol. The molecule has 2 aliphatic rings. The van der Waals surface area contributed by atoms with Crippen LogP contribution in [0.25, 0.3) is 0 Å². The molecule has 1 aromatic rings. The number of amides is 1. The number of benzene rings is 1. The maximum absolute atomic E-state index is 12.1. The zero-order chi connectivity index (χ0) is 18.0. The Morgan fingerprint density at radius 3 is 2.80 bits per heavy atom. The summed E-state index contributed by atoms with van der Waals surface area (Å²) in [5.41, 5.74) is 0.499. The summed E-state index contributed by atoms with van der Waals surface area (Å²) in [5, 5.41) is 2.64. The van der Waals surface area contributed by atoms with Crippen molar-refractivity contribution in [3.8, 4) is 11.5 Å². The lowest BCUT2D eigenvalue weighted by molar-refractivity contribution is -0.153. The normalized spacial score (nSPS) is 21.6. The Morgan fingerprint density at radius 1 is 1.32 bits per heavy atom. The third-order valence-corrected chi connectivity index (χ3v) is 5.94. The van der Waals surface area contributed by atoms with E-state index >= 15 is 0 Å². The van der Waals surface area contributed by atoms with Crippen LogP contribution in [-0.4, -0.2) is 44.7 Å². The number of nitrogens with one attached hydrogen (secondary N) is 1. The molecule has 0 radical (unpaired) electrons. The third kappa shape index (κ3) is 4.41. The Hall–Kier alpha value is -2.29. The summed E-state index contributed by atoms with van der Waals surface area (Å²) >= 11 is 0. The van der Waals surface area contributed by atoms with E-state index in [1.165, 1.54) is 6.92 Å². The van der Waals surface area contributed by atoms with Crippen molar-refractivity contribution in [3.05, 3.63) is 18.2 Å². The molecular formula is C16H19NO7S. The smallest absolute Gasteiger partial charge is 0.306 e. The van der Waals surface area contributed by atoms with Gasteiger partial charge >= 0.3 is 5.97 Å². The van der Waals surface area contributed by atoms with Crippen LogP contribution in [0.2, 0.25) is 0 Å². The van der Waals surface area contributed by atoms with E-state index in [1.54, 1.807) is 18.2 Å². The van der Waals surface area contributed by atoms with Gasteiger partial charge in [0.15, 0.2) is 27.4 Å². The SMILES string of the molecule is C[C@H](OC(=O)C[C@H]1CCS(=O)(=O)C1)C(=O)Nc1ccc2c(c1)OCO2. The molecular weight excluding hydrogens is 350 g/mol. The van der Waals surface area contributed by atoms with Gasteiger partial charge in [-0.1, -0.05) is 0 Å². The minimum absolute atomic E-state index is 0.000125. The number of hydrogen-bond acceptors (Lipinski definition) is 7. The van der Waals surface area contributed by atoms with Gasteiger partial charge in [-0.25, -0.2) is 8.42 Å². The van der Waals surface area contributed by atoms with E-state index < -0.39 is 27.8 Å². The summed E-state index contributed by atoms with van der Waals surface area (Å²) in [7, 11) is -3.04. The number of ether oxygens (including phenoxy) is 3. The predicted octanol–water partition coefficient (Wildman–Crippen LogP) is 1.11. The molecule has 0 spiro atoms. The standard InChI is InChI=1S/C16H19NO7S/c1-10(24-15(18)6-11-4-5-25(20,21)8-11)16(19)17-12-2-3-13-14(7-12)23-9-22-13/h2-3,7,10-11H,4-6,8-9H2,1H3,(H,17,19)/t10-,11+/m0/s1. The van der Waals surface area contributed by atoms with Gasteiger partial charge in [0.2, 0.25) is 6.79 Å². The summed E-state index contributed by atoms with van der Waals surface area (Å²) in [4.78, 5) is 24.0. The summed E-state index contributed by atoms with van der Waals surface area (Å²) in [6, 6.07) is 4.96. The van der Waals surface area contributed by atoms with Gasteiger partial charge in [0, 0.05) is 18.2 Å². The molecule has 1 aromatic carbocycles. The molecule has 1 saturated heterocycles. The number of rotatable bonds is 5. The summed E-state index contributed by atoms with van der Waals surface area (Å²) in [6.45, 7) is 1.60. The number of carbonyl (C=O) groups excluding carboxylic acids is 2. The van der Waals surface area contributed by atoms with E-state index in [9.17, 15) is 18.0 Å². The van der Waals surface area contributed by atoms with E-state index in [1.807, 2.05) is 0 Å². The zero-order valence-corrected chi connectivity index (χ0v) is 14.5. The van der Waals surface area contributed by atoms with Crippen molar-refractivity contribution in [2.75, 3.05) is 23.6 Å². The van der Waals surface area contributed by atoms with Crippen LogP contribution >= 0.6 is 0 Å². The molecule has 2 atom stereocenters. The Kier molecular flexibility index (Phi) is 4.85. The van der Waals surface area contributed by atoms with Crippen molar-refractivity contribution in [1.29, 1.82) is 0 Å². The third-order valence-electron chi connectivity index (χ3n) is 4.10. The van der Waals surface area contributed by atoms with Gasteiger partial charge in [0.25, 0.3) is 5.91 Å². The number of sulfone groups is 1. The number of fused-ring (bicyclic) bond motifs is 1. The molecule has 25 heavy (non-hydrogen) atoms. The minimum atomic E-state index is -3.04. The van der Waals surface area contributed by atoms with E-state index in [0.29, 0.717) is 23.6 Å². The van der Waals surface area contributed by atoms with Crippen LogP contribution in [0.4, 0.5) is 5.69 Å². The van der Waals surface area contributed by atoms with Gasteiger partial charge in [0.1, 0.15) is 0 Å². The number of carbonyl (C=O) groups is 2. The first-order chi connectivity index (χ1) is 11.8. The molecule has 9 heteroatoms. The first-order valence-electron chi connectivity index (χ1n) is 7.93. The van der Waals surface area contributed by atoms with Crippen molar-refractivity contribution >= 4 is 27.4 Å². The number of hydrogen-bond donors (Lipinski definition) is 1. The molecule has 0 aromatic heterocycles. The second-order valence-corrected chi connectivity index (χ2v) is 8.39. The first-order valence-corrected chi connectivity index (χ1v) is 9.75. The van der Waals surface area contributed by atoms with Gasteiger partial charge in [-0.3, -0.25) is 9.59 Å². The lowest BCUT2D eigenvalue weighted by Gasteiger charge is -2.15. The van der Waals surface area contributed by atoms with Crippen molar-refractivity contribution in [2.24, 2.45) is 5.92 Å². The zero-order valence-electron chi connectivity index (χ0n) is 13.7. The van der Waals surface area contributed by atoms with Crippen LogP contribution in [0, 0.1) is 5.92 Å². The summed E-state index contributed by atoms with van der Waals surface area (Å²) < 4.78 is 38.3. The fourth-order valence-electron chi connectivity index (χ4n) is 2.79. The molecule has 2 heterocycles. The molecule has 8 nitrogen and oxygen atoms in total. The maximum atomic E-state index is 12.1. The molecule has 0 saturated carbocycles. The van der Waals surface area contributed by atoms with Crippen LogP contribution in [0.3, 0.4) is 0 Å². The van der Waals surface area contributed by atoms with Crippen LogP contribution in [0.1, 0.15) is 19.8 Å². The molecule has 1 fully saturated rings. The molecule has 3 rings (SSSR count). The van der Waals surface area contributed by atoms with Crippen molar-refractivity contribution in [1.82, 2.24) is 0 Å². The van der Waals surface area contributed by atoms with Gasteiger partial charge in [-0.2, -0.15) is 0 Å². The van der Waals surface area contributed by atoms with Crippen LogP contribution in [0.15, 0.2) is 18.2 Å². The van der Waals surface area contributed by atoms with Gasteiger partial charge in [0.05, 0.1) is 11.5 Å². The highest BCUT2D eigenvalue weighted by Crippen LogP contribution is 2.34. The molecule has 0 bridgehead atoms. The second-order valence-electron chi connectivity index (χ2n) is 6.16. The molecule has 2 aliphatic heterocycles. The highest BCUT2D eigenvalue weighted by atomic mass is 32.2. The number of esters is 1. The molecule has 1 N–H and O–H groups in total. The fraction of sp³-hybridized carbons (Fsp3) is 0.500. The topological polar surface area (TPSA) is 108 Å². The van der Waals surface area contributed by atoms with Crippen LogP contribution in [-0.2, 0) is 24.2 Å². The van der Waals surface area contributed by atoms with E-state index in [2.05, 4.69) is 5.32 Å². The average Bonchev–Trinajstić information content (AvgIpc) is 3.12. The van der Waals surface area contributed by atoms with E-state index in [0.717, 1.165) is 0 Å². The summed E-state index contributed by atoms with van der Waals surface area (Å²) in [5.74, 6) is -0.0532. The predicted molar refractivity (Wildman–Crippen MR) is 88.1 cm³/mol. The Balaban J connectivity index is 1.49. The Morgan fingerprint density at radius 2 is 2.08 bits per heavy atom. The van der Waals surface area contributed by atoms with Crippen LogP contribution in [0.5, 0.6) is 11.5 Å². The van der Waals surface area contributed by atoms with Gasteiger partial charge in [-0.05, 0) is 31.4 Å².